The van der Waals surface area contributed by atoms with E-state index < -0.39 is 12.1 Å². The molecule has 0 aliphatic carbocycles. The Morgan fingerprint density at radius 1 is 1.10 bits per heavy atom. The summed E-state index contributed by atoms with van der Waals surface area (Å²) in [6.45, 7) is 2.61. The summed E-state index contributed by atoms with van der Waals surface area (Å²) in [4.78, 5) is 22.4. The first-order valence-corrected chi connectivity index (χ1v) is 7.44. The molecule has 0 fully saturated rings. The molecule has 0 radical (unpaired) electrons. The summed E-state index contributed by atoms with van der Waals surface area (Å²) < 4.78 is 5.81. The van der Waals surface area contributed by atoms with E-state index >= 15 is 0 Å². The van der Waals surface area contributed by atoms with Crippen molar-refractivity contribution in [2.45, 2.75) is 58.0 Å². The summed E-state index contributed by atoms with van der Waals surface area (Å²) in [5.41, 5.74) is 0. The minimum Gasteiger partial charge on any atom is -0.550 e. The van der Waals surface area contributed by atoms with Gasteiger partial charge in [0.2, 0.25) is 0 Å². The van der Waals surface area contributed by atoms with Crippen molar-refractivity contribution in [2.75, 3.05) is 27.7 Å². The van der Waals surface area contributed by atoms with Gasteiger partial charge in [0.15, 0.2) is 6.10 Å². The van der Waals surface area contributed by atoms with Crippen LogP contribution in [-0.2, 0) is 14.3 Å². The lowest BCUT2D eigenvalue weighted by molar-refractivity contribution is -0.873. The molecule has 0 amide bonds. The number of carbonyl (C=O) groups excluding carboxylic acids is 2. The van der Waals surface area contributed by atoms with E-state index in [2.05, 4.69) is 6.92 Å². The molecule has 20 heavy (non-hydrogen) atoms. The standard InChI is InChI=1S/C15H29NO4/c1-5-6-7-8-9-10-15(19)20-13(11-14(17)18)12-16(2,3)4/h13H,5-12H2,1-4H3/t13-/m0/s1. The van der Waals surface area contributed by atoms with Gasteiger partial charge in [-0.05, 0) is 6.42 Å². The highest BCUT2D eigenvalue weighted by Gasteiger charge is 2.22. The van der Waals surface area contributed by atoms with Crippen LogP contribution < -0.4 is 5.11 Å². The number of esters is 1. The van der Waals surface area contributed by atoms with Gasteiger partial charge in [-0.2, -0.15) is 0 Å². The van der Waals surface area contributed by atoms with Crippen LogP contribution in [0, 0.1) is 0 Å². The maximum Gasteiger partial charge on any atom is 0.306 e. The molecule has 0 spiro atoms. The summed E-state index contributed by atoms with van der Waals surface area (Å²) >= 11 is 0. The molecular weight excluding hydrogens is 258 g/mol. The van der Waals surface area contributed by atoms with E-state index in [-0.39, 0.29) is 12.4 Å². The fourth-order valence-electron chi connectivity index (χ4n) is 2.06. The molecule has 0 aromatic heterocycles. The Balaban J connectivity index is 4.08. The molecule has 0 saturated heterocycles. The van der Waals surface area contributed by atoms with Crippen LogP contribution in [0.15, 0.2) is 0 Å². The maximum absolute atomic E-state index is 11.7. The number of nitrogens with zero attached hydrogens (tertiary/aromatic N) is 1. The first-order chi connectivity index (χ1) is 9.24. The second kappa shape index (κ2) is 9.75. The molecule has 0 bridgehead atoms. The number of carboxylic acids is 1. The van der Waals surface area contributed by atoms with Gasteiger partial charge in [-0.25, -0.2) is 0 Å². The highest BCUT2D eigenvalue weighted by atomic mass is 16.5. The Hall–Kier alpha value is -1.10. The van der Waals surface area contributed by atoms with Crippen LogP contribution >= 0.6 is 0 Å². The average Bonchev–Trinajstić information content (AvgIpc) is 2.25. The quantitative estimate of drug-likeness (QED) is 0.324. The van der Waals surface area contributed by atoms with Crippen LogP contribution in [0.1, 0.15) is 51.9 Å². The number of quaternary nitrogens is 1. The van der Waals surface area contributed by atoms with Gasteiger partial charge >= 0.3 is 5.97 Å². The molecular formula is C15H29NO4. The molecule has 5 nitrogen and oxygen atoms in total. The number of carboxylic acid groups (broad SMARTS) is 1. The van der Waals surface area contributed by atoms with E-state index in [9.17, 15) is 14.7 Å². The van der Waals surface area contributed by atoms with Gasteiger partial charge in [0, 0.05) is 18.8 Å². The molecule has 0 saturated carbocycles. The molecule has 0 aliphatic heterocycles. The SMILES string of the molecule is CCCCCCCC(=O)O[C@@H](CC(=O)[O-])C[N+](C)(C)C. The molecule has 0 heterocycles. The topological polar surface area (TPSA) is 66.4 Å². The summed E-state index contributed by atoms with van der Waals surface area (Å²) in [7, 11) is 5.79. The zero-order chi connectivity index (χ0) is 15.6. The maximum atomic E-state index is 11.7. The van der Waals surface area contributed by atoms with E-state index in [0.29, 0.717) is 17.4 Å². The van der Waals surface area contributed by atoms with E-state index in [0.717, 1.165) is 19.3 Å². The molecule has 0 rings (SSSR count). The van der Waals surface area contributed by atoms with Crippen molar-refractivity contribution in [1.82, 2.24) is 0 Å². The van der Waals surface area contributed by atoms with Crippen molar-refractivity contribution in [3.8, 4) is 0 Å². The van der Waals surface area contributed by atoms with Gasteiger partial charge in [0.25, 0.3) is 0 Å². The average molecular weight is 287 g/mol. The third kappa shape index (κ3) is 12.0. The van der Waals surface area contributed by atoms with Crippen molar-refractivity contribution in [3.05, 3.63) is 0 Å². The van der Waals surface area contributed by atoms with Gasteiger partial charge in [0.05, 0.1) is 21.1 Å². The monoisotopic (exact) mass is 287 g/mol. The Labute approximate surface area is 122 Å². The highest BCUT2D eigenvalue weighted by Crippen LogP contribution is 2.09. The predicted molar refractivity (Wildman–Crippen MR) is 75.8 cm³/mol. The van der Waals surface area contributed by atoms with Gasteiger partial charge in [-0.1, -0.05) is 32.6 Å². The molecule has 0 N–H and O–H groups in total. The van der Waals surface area contributed by atoms with Crippen LogP contribution in [0.25, 0.3) is 0 Å². The van der Waals surface area contributed by atoms with Crippen LogP contribution in [0.4, 0.5) is 0 Å². The van der Waals surface area contributed by atoms with Crippen molar-refractivity contribution in [3.63, 3.8) is 0 Å². The van der Waals surface area contributed by atoms with Crippen LogP contribution in [0.5, 0.6) is 0 Å². The molecule has 0 unspecified atom stereocenters. The van der Waals surface area contributed by atoms with Crippen LogP contribution in [0.2, 0.25) is 0 Å². The number of aliphatic carboxylic acids is 1. The smallest absolute Gasteiger partial charge is 0.306 e. The molecule has 118 valence electrons. The lowest BCUT2D eigenvalue weighted by atomic mass is 10.1. The van der Waals surface area contributed by atoms with Gasteiger partial charge in [-0.15, -0.1) is 0 Å². The zero-order valence-electron chi connectivity index (χ0n) is 13.3. The zero-order valence-corrected chi connectivity index (χ0v) is 13.3. The predicted octanol–water partition coefficient (Wildman–Crippen LogP) is 1.10. The number of hydrogen-bond donors (Lipinski definition) is 0. The second-order valence-corrected chi connectivity index (χ2v) is 6.33. The van der Waals surface area contributed by atoms with E-state index in [1.807, 2.05) is 21.1 Å². The Morgan fingerprint density at radius 3 is 2.20 bits per heavy atom. The van der Waals surface area contributed by atoms with Crippen molar-refractivity contribution in [1.29, 1.82) is 0 Å². The summed E-state index contributed by atoms with van der Waals surface area (Å²) in [6, 6.07) is 0. The minimum absolute atomic E-state index is 0.239. The van der Waals surface area contributed by atoms with Crippen LogP contribution in [-0.4, -0.2) is 50.2 Å². The van der Waals surface area contributed by atoms with E-state index in [4.69, 9.17) is 4.74 Å². The number of likely N-dealkylation sites (N-methyl/N-ethyl adjacent to an activating group) is 1. The summed E-state index contributed by atoms with van der Waals surface area (Å²) in [6.07, 6.45) is 4.83. The van der Waals surface area contributed by atoms with E-state index in [1.165, 1.54) is 12.8 Å². The van der Waals surface area contributed by atoms with Crippen molar-refractivity contribution < 1.29 is 23.9 Å². The number of carbonyl (C=O) groups is 2. The minimum atomic E-state index is -1.18. The van der Waals surface area contributed by atoms with Crippen molar-refractivity contribution >= 4 is 11.9 Å². The third-order valence-electron chi connectivity index (χ3n) is 2.93. The Bertz CT molecular complexity index is 297. The number of unbranched alkanes of at least 4 members (excludes halogenated alkanes) is 4. The number of rotatable bonds is 11. The van der Waals surface area contributed by atoms with Gasteiger partial charge in [0.1, 0.15) is 6.54 Å². The van der Waals surface area contributed by atoms with Gasteiger partial charge < -0.3 is 19.1 Å². The first kappa shape index (κ1) is 18.9. The Kier molecular flexibility index (Phi) is 9.21. The molecule has 0 aromatic rings. The molecule has 1 atom stereocenters. The number of ether oxygens (including phenoxy) is 1. The molecule has 5 heteroatoms. The van der Waals surface area contributed by atoms with Gasteiger partial charge in [-0.3, -0.25) is 4.79 Å². The Morgan fingerprint density at radius 2 is 1.70 bits per heavy atom. The lowest BCUT2D eigenvalue weighted by Crippen LogP contribution is -2.45. The second-order valence-electron chi connectivity index (χ2n) is 6.33. The number of hydrogen-bond acceptors (Lipinski definition) is 4. The van der Waals surface area contributed by atoms with Crippen LogP contribution in [0.3, 0.4) is 0 Å². The normalized spacial score (nSPS) is 13.0. The van der Waals surface area contributed by atoms with Crippen molar-refractivity contribution in [2.24, 2.45) is 0 Å². The fourth-order valence-corrected chi connectivity index (χ4v) is 2.06. The molecule has 0 aliphatic rings. The third-order valence-corrected chi connectivity index (χ3v) is 2.93. The summed E-state index contributed by atoms with van der Waals surface area (Å²) in [5, 5.41) is 10.7. The highest BCUT2D eigenvalue weighted by molar-refractivity contribution is 5.70. The lowest BCUT2D eigenvalue weighted by Gasteiger charge is -2.29. The summed E-state index contributed by atoms with van der Waals surface area (Å²) in [5.74, 6) is -1.49. The largest absolute Gasteiger partial charge is 0.550 e. The first-order valence-electron chi connectivity index (χ1n) is 7.44. The van der Waals surface area contributed by atoms with E-state index in [1.54, 1.807) is 0 Å². The molecule has 0 aromatic carbocycles. The fraction of sp³-hybridized carbons (Fsp3) is 0.867.